The van der Waals surface area contributed by atoms with Gasteiger partial charge in [0.25, 0.3) is 0 Å². The van der Waals surface area contributed by atoms with Crippen molar-refractivity contribution in [3.05, 3.63) is 28.8 Å². The predicted molar refractivity (Wildman–Crippen MR) is 101 cm³/mol. The minimum absolute atomic E-state index is 0.0933. The highest BCUT2D eigenvalue weighted by molar-refractivity contribution is 6.31. The molecule has 3 aliphatic rings. The molecule has 5 heteroatoms. The van der Waals surface area contributed by atoms with Gasteiger partial charge in [-0.2, -0.15) is 0 Å². The third kappa shape index (κ3) is 3.62. The zero-order chi connectivity index (χ0) is 18.1. The molecule has 0 radical (unpaired) electrons. The molecule has 1 spiro atoms. The Labute approximate surface area is 159 Å². The number of carbonyl (C=O) groups excluding carboxylic acids is 2. The summed E-state index contributed by atoms with van der Waals surface area (Å²) in [7, 11) is 0. The molecule has 0 unspecified atom stereocenters. The van der Waals surface area contributed by atoms with Gasteiger partial charge in [-0.1, -0.05) is 30.9 Å². The van der Waals surface area contributed by atoms with Crippen LogP contribution in [0.3, 0.4) is 0 Å². The van der Waals surface area contributed by atoms with Crippen molar-refractivity contribution in [3.63, 3.8) is 0 Å². The lowest BCUT2D eigenvalue weighted by atomic mass is 9.82. The first-order valence-electron chi connectivity index (χ1n) is 9.84. The zero-order valence-electron chi connectivity index (χ0n) is 15.1. The van der Waals surface area contributed by atoms with Crippen LogP contribution < -0.4 is 4.74 Å². The molecule has 4 rings (SSSR count). The summed E-state index contributed by atoms with van der Waals surface area (Å²) in [6.45, 7) is 1.36. The number of halogens is 1. The molecule has 26 heavy (non-hydrogen) atoms. The summed E-state index contributed by atoms with van der Waals surface area (Å²) in [6.07, 6.45) is 8.74. The van der Waals surface area contributed by atoms with Gasteiger partial charge in [-0.15, -0.1) is 0 Å². The van der Waals surface area contributed by atoms with E-state index < -0.39 is 5.60 Å². The van der Waals surface area contributed by atoms with E-state index in [2.05, 4.69) is 0 Å². The van der Waals surface area contributed by atoms with Crippen molar-refractivity contribution in [2.75, 3.05) is 13.1 Å². The predicted octanol–water partition coefficient (Wildman–Crippen LogP) is 4.64. The number of likely N-dealkylation sites (tertiary alicyclic amines) is 1. The number of amides is 1. The molecule has 4 nitrogen and oxygen atoms in total. The Morgan fingerprint density at radius 3 is 2.65 bits per heavy atom. The maximum absolute atomic E-state index is 12.6. The van der Waals surface area contributed by atoms with Gasteiger partial charge < -0.3 is 9.64 Å². The first kappa shape index (κ1) is 17.8. The molecule has 140 valence electrons. The van der Waals surface area contributed by atoms with Gasteiger partial charge in [0.05, 0.1) is 12.0 Å². The number of benzene rings is 1. The van der Waals surface area contributed by atoms with Crippen molar-refractivity contribution in [1.29, 1.82) is 0 Å². The summed E-state index contributed by atoms with van der Waals surface area (Å²) in [5, 5.41) is 0.555. The third-order valence-corrected chi connectivity index (χ3v) is 6.50. The largest absolute Gasteiger partial charge is 0.486 e. The fourth-order valence-corrected chi connectivity index (χ4v) is 4.85. The first-order chi connectivity index (χ1) is 12.5. The smallest absolute Gasteiger partial charge is 0.222 e. The molecule has 2 fully saturated rings. The standard InChI is InChI=1S/C21H26ClNO3/c22-16-6-7-19-17(13-16)18(24)14-21(26-19)8-10-23(11-9-21)20(25)12-15-4-2-1-3-5-15/h6-7,13,15H,1-5,8-12,14H2. The fraction of sp³-hybridized carbons (Fsp3) is 0.619. The minimum Gasteiger partial charge on any atom is -0.486 e. The second kappa shape index (κ2) is 7.22. The molecule has 1 saturated carbocycles. The van der Waals surface area contributed by atoms with Crippen molar-refractivity contribution in [1.82, 2.24) is 4.90 Å². The Balaban J connectivity index is 1.38. The Hall–Kier alpha value is -1.55. The van der Waals surface area contributed by atoms with Gasteiger partial charge in [0.15, 0.2) is 5.78 Å². The lowest BCUT2D eigenvalue weighted by Gasteiger charge is -2.44. The highest BCUT2D eigenvalue weighted by Gasteiger charge is 2.43. The van der Waals surface area contributed by atoms with E-state index in [1.54, 1.807) is 18.2 Å². The maximum atomic E-state index is 12.6. The molecule has 0 bridgehead atoms. The van der Waals surface area contributed by atoms with Crippen LogP contribution in [0.15, 0.2) is 18.2 Å². The first-order valence-corrected chi connectivity index (χ1v) is 10.2. The van der Waals surface area contributed by atoms with E-state index in [-0.39, 0.29) is 11.7 Å². The number of nitrogens with zero attached hydrogens (tertiary/aromatic N) is 1. The molecule has 0 atom stereocenters. The number of ketones is 1. The van der Waals surface area contributed by atoms with Gasteiger partial charge in [-0.05, 0) is 37.0 Å². The maximum Gasteiger partial charge on any atom is 0.222 e. The monoisotopic (exact) mass is 375 g/mol. The quantitative estimate of drug-likeness (QED) is 0.756. The van der Waals surface area contributed by atoms with E-state index in [1.807, 2.05) is 4.90 Å². The van der Waals surface area contributed by atoms with Crippen molar-refractivity contribution in [2.24, 2.45) is 5.92 Å². The molecule has 2 heterocycles. The Morgan fingerprint density at radius 1 is 1.19 bits per heavy atom. The molecule has 1 saturated heterocycles. The van der Waals surface area contributed by atoms with Crippen LogP contribution in [0.4, 0.5) is 0 Å². The van der Waals surface area contributed by atoms with Crippen molar-refractivity contribution < 1.29 is 14.3 Å². The summed E-state index contributed by atoms with van der Waals surface area (Å²) in [5.74, 6) is 1.57. The van der Waals surface area contributed by atoms with Crippen LogP contribution in [0, 0.1) is 5.92 Å². The zero-order valence-corrected chi connectivity index (χ0v) is 15.9. The molecular weight excluding hydrogens is 350 g/mol. The van der Waals surface area contributed by atoms with E-state index >= 15 is 0 Å². The van der Waals surface area contributed by atoms with E-state index in [0.29, 0.717) is 48.2 Å². The van der Waals surface area contributed by atoms with Gasteiger partial charge >= 0.3 is 0 Å². The molecule has 0 aromatic heterocycles. The van der Waals surface area contributed by atoms with Gasteiger partial charge in [-0.25, -0.2) is 0 Å². The highest BCUT2D eigenvalue weighted by atomic mass is 35.5. The fourth-order valence-electron chi connectivity index (χ4n) is 4.68. The summed E-state index contributed by atoms with van der Waals surface area (Å²) >= 11 is 6.00. The van der Waals surface area contributed by atoms with Crippen LogP contribution in [0.5, 0.6) is 5.75 Å². The lowest BCUT2D eigenvalue weighted by Crippen LogP contribution is -2.52. The van der Waals surface area contributed by atoms with E-state index in [1.165, 1.54) is 32.1 Å². The number of hydrogen-bond donors (Lipinski definition) is 0. The van der Waals surface area contributed by atoms with Gasteiger partial charge in [0.2, 0.25) is 5.91 Å². The minimum atomic E-state index is -0.459. The Kier molecular flexibility index (Phi) is 4.96. The molecular formula is C21H26ClNO3. The number of fused-ring (bicyclic) bond motifs is 1. The van der Waals surface area contributed by atoms with Gasteiger partial charge in [-0.3, -0.25) is 9.59 Å². The summed E-state index contributed by atoms with van der Waals surface area (Å²) in [6, 6.07) is 5.24. The van der Waals surface area contributed by atoms with Crippen LogP contribution in [0.25, 0.3) is 0 Å². The van der Waals surface area contributed by atoms with E-state index in [0.717, 1.165) is 12.8 Å². The van der Waals surface area contributed by atoms with Crippen LogP contribution in [0.1, 0.15) is 68.1 Å². The average molecular weight is 376 g/mol. The Bertz CT molecular complexity index is 703. The van der Waals surface area contributed by atoms with Crippen molar-refractivity contribution >= 4 is 23.3 Å². The van der Waals surface area contributed by atoms with Crippen molar-refractivity contribution in [3.8, 4) is 5.75 Å². The van der Waals surface area contributed by atoms with E-state index in [4.69, 9.17) is 16.3 Å². The molecule has 2 aliphatic heterocycles. The number of rotatable bonds is 2. The Morgan fingerprint density at radius 2 is 1.92 bits per heavy atom. The van der Waals surface area contributed by atoms with Gasteiger partial charge in [0.1, 0.15) is 11.4 Å². The highest BCUT2D eigenvalue weighted by Crippen LogP contribution is 2.40. The molecule has 1 aromatic carbocycles. The molecule has 1 aliphatic carbocycles. The van der Waals surface area contributed by atoms with Crippen LogP contribution in [-0.2, 0) is 4.79 Å². The number of carbonyl (C=O) groups is 2. The second-order valence-electron chi connectivity index (χ2n) is 8.11. The summed E-state index contributed by atoms with van der Waals surface area (Å²) < 4.78 is 6.25. The van der Waals surface area contributed by atoms with Crippen molar-refractivity contribution in [2.45, 2.75) is 63.4 Å². The molecule has 0 N–H and O–H groups in total. The average Bonchev–Trinajstić information content (AvgIpc) is 2.64. The summed E-state index contributed by atoms with van der Waals surface area (Å²) in [5.41, 5.74) is 0.124. The summed E-state index contributed by atoms with van der Waals surface area (Å²) in [4.78, 5) is 27.2. The SMILES string of the molecule is O=C1CC2(CCN(C(=O)CC3CCCCC3)CC2)Oc2ccc(Cl)cc21. The van der Waals surface area contributed by atoms with E-state index in [9.17, 15) is 9.59 Å². The number of piperidine rings is 1. The molecule has 1 aromatic rings. The number of Topliss-reactive ketones (excluding diaryl/α,β-unsaturated/α-hetero) is 1. The molecule has 1 amide bonds. The lowest BCUT2D eigenvalue weighted by molar-refractivity contribution is -0.136. The number of hydrogen-bond acceptors (Lipinski definition) is 3. The van der Waals surface area contributed by atoms with Crippen LogP contribution >= 0.6 is 11.6 Å². The normalized spacial score (nSPS) is 22.8. The van der Waals surface area contributed by atoms with Crippen LogP contribution in [-0.4, -0.2) is 35.3 Å². The third-order valence-electron chi connectivity index (χ3n) is 6.27. The second-order valence-corrected chi connectivity index (χ2v) is 8.55. The van der Waals surface area contributed by atoms with Crippen LogP contribution in [0.2, 0.25) is 5.02 Å². The number of ether oxygens (including phenoxy) is 1. The topological polar surface area (TPSA) is 46.6 Å². The van der Waals surface area contributed by atoms with Gasteiger partial charge in [0, 0.05) is 37.4 Å².